The molecular weight excluding hydrogens is 350 g/mol. The highest BCUT2D eigenvalue weighted by atomic mass is 32.1. The molecule has 6 nitrogen and oxygen atoms in total. The van der Waals surface area contributed by atoms with Gasteiger partial charge in [0.2, 0.25) is 0 Å². The lowest BCUT2D eigenvalue weighted by Gasteiger charge is -2.24. The van der Waals surface area contributed by atoms with E-state index in [4.69, 9.17) is 0 Å². The number of nitrogens with one attached hydrogen (secondary N) is 2. The maximum Gasteiger partial charge on any atom is 0.270 e. The first kappa shape index (κ1) is 16.8. The maximum absolute atomic E-state index is 12.6. The maximum atomic E-state index is 12.6. The first-order chi connectivity index (χ1) is 12.5. The highest BCUT2D eigenvalue weighted by Crippen LogP contribution is 2.41. The van der Waals surface area contributed by atoms with Crippen molar-refractivity contribution in [3.63, 3.8) is 0 Å². The van der Waals surface area contributed by atoms with Gasteiger partial charge in [-0.1, -0.05) is 25.1 Å². The third kappa shape index (κ3) is 3.10. The van der Waals surface area contributed by atoms with Crippen LogP contribution in [0.4, 0.5) is 10.7 Å². The van der Waals surface area contributed by atoms with Crippen molar-refractivity contribution in [3.8, 4) is 0 Å². The minimum atomic E-state index is -0.415. The van der Waals surface area contributed by atoms with Gasteiger partial charge in [-0.05, 0) is 42.4 Å². The van der Waals surface area contributed by atoms with Crippen molar-refractivity contribution in [1.82, 2.24) is 5.32 Å². The standard InChI is InChI=1S/C19H19N3O3S/c1-11-5-7-14-15(9-11)26-19-17(14)18(23)20-16(21-19)8-6-12-3-2-4-13(10-12)22(24)25/h2-4,6,8,10-11,16,21H,5,7,9H2,1H3,(H,20,23)/b8-6+/t11-,16-/m0/s1. The zero-order valence-corrected chi connectivity index (χ0v) is 15.1. The highest BCUT2D eigenvalue weighted by Gasteiger charge is 2.31. The van der Waals surface area contributed by atoms with Crippen LogP contribution in [0.3, 0.4) is 0 Å². The number of anilines is 1. The fraction of sp³-hybridized carbons (Fsp3) is 0.316. The van der Waals surface area contributed by atoms with Crippen LogP contribution in [-0.2, 0) is 12.8 Å². The van der Waals surface area contributed by atoms with Crippen molar-refractivity contribution in [1.29, 1.82) is 0 Å². The molecule has 2 atom stereocenters. The summed E-state index contributed by atoms with van der Waals surface area (Å²) in [5.41, 5.74) is 2.78. The van der Waals surface area contributed by atoms with Gasteiger partial charge in [0, 0.05) is 17.0 Å². The molecule has 0 saturated carbocycles. The number of carbonyl (C=O) groups excluding carboxylic acids is 1. The number of non-ortho nitro benzene ring substituents is 1. The molecule has 0 saturated heterocycles. The zero-order chi connectivity index (χ0) is 18.3. The van der Waals surface area contributed by atoms with Crippen molar-refractivity contribution in [2.24, 2.45) is 5.92 Å². The first-order valence-corrected chi connectivity index (χ1v) is 9.47. The number of carbonyl (C=O) groups is 1. The summed E-state index contributed by atoms with van der Waals surface area (Å²) in [7, 11) is 0. The summed E-state index contributed by atoms with van der Waals surface area (Å²) in [4.78, 5) is 24.4. The Bertz CT molecular complexity index is 919. The second kappa shape index (κ2) is 6.57. The quantitative estimate of drug-likeness (QED) is 0.633. The van der Waals surface area contributed by atoms with Gasteiger partial charge in [-0.3, -0.25) is 14.9 Å². The Hall–Kier alpha value is -2.67. The molecule has 4 rings (SSSR count). The van der Waals surface area contributed by atoms with E-state index in [1.165, 1.54) is 22.6 Å². The summed E-state index contributed by atoms with van der Waals surface area (Å²) in [6, 6.07) is 6.42. The number of hydrogen-bond acceptors (Lipinski definition) is 5. The third-order valence-corrected chi connectivity index (χ3v) is 6.06. The summed E-state index contributed by atoms with van der Waals surface area (Å²) < 4.78 is 0. The number of hydrogen-bond donors (Lipinski definition) is 2. The molecule has 0 radical (unpaired) electrons. The number of amides is 1. The Kier molecular flexibility index (Phi) is 4.24. The summed E-state index contributed by atoms with van der Waals surface area (Å²) in [6.45, 7) is 2.25. The van der Waals surface area contributed by atoms with E-state index >= 15 is 0 Å². The van der Waals surface area contributed by atoms with E-state index in [9.17, 15) is 14.9 Å². The molecule has 0 fully saturated rings. The molecule has 2 aromatic rings. The monoisotopic (exact) mass is 369 g/mol. The van der Waals surface area contributed by atoms with E-state index in [1.807, 2.05) is 6.08 Å². The Morgan fingerprint density at radius 2 is 2.19 bits per heavy atom. The molecular formula is C19H19N3O3S. The SMILES string of the molecule is C[C@H]1CCc2c(sc3c2C(=O)N[C@H](/C=C/c2cccc([N+](=O)[O-])c2)N3)C1. The molecule has 1 aromatic heterocycles. The molecule has 1 aromatic carbocycles. The number of fused-ring (bicyclic) bond motifs is 3. The molecule has 0 bridgehead atoms. The number of nitro groups is 1. The fourth-order valence-electron chi connectivity index (χ4n) is 3.53. The van der Waals surface area contributed by atoms with Gasteiger partial charge in [0.15, 0.2) is 0 Å². The third-order valence-electron chi connectivity index (χ3n) is 4.87. The van der Waals surface area contributed by atoms with Crippen molar-refractivity contribution in [3.05, 3.63) is 62.0 Å². The van der Waals surface area contributed by atoms with Gasteiger partial charge in [0.05, 0.1) is 10.5 Å². The minimum absolute atomic E-state index is 0.0421. The second-order valence-corrected chi connectivity index (χ2v) is 7.97. The summed E-state index contributed by atoms with van der Waals surface area (Å²) in [6.07, 6.45) is 6.40. The molecule has 7 heteroatoms. The number of thiophene rings is 1. The molecule has 0 spiro atoms. The van der Waals surface area contributed by atoms with Crippen molar-refractivity contribution in [2.75, 3.05) is 5.32 Å². The van der Waals surface area contributed by atoms with Gasteiger partial charge < -0.3 is 10.6 Å². The predicted molar refractivity (Wildman–Crippen MR) is 103 cm³/mol. The van der Waals surface area contributed by atoms with Crippen molar-refractivity contribution < 1.29 is 9.72 Å². The Balaban J connectivity index is 1.55. The average molecular weight is 369 g/mol. The predicted octanol–water partition coefficient (Wildman–Crippen LogP) is 3.98. The lowest BCUT2D eigenvalue weighted by Crippen LogP contribution is -2.43. The van der Waals surface area contributed by atoms with Gasteiger partial charge in [-0.15, -0.1) is 11.3 Å². The van der Waals surface area contributed by atoms with E-state index in [0.717, 1.165) is 35.4 Å². The number of nitrogens with zero attached hydrogens (tertiary/aromatic N) is 1. The Labute approximate surface area is 155 Å². The van der Waals surface area contributed by atoms with Crippen molar-refractivity contribution in [2.45, 2.75) is 32.4 Å². The summed E-state index contributed by atoms with van der Waals surface area (Å²) in [5.74, 6) is 0.620. The van der Waals surface area contributed by atoms with E-state index in [0.29, 0.717) is 5.92 Å². The van der Waals surface area contributed by atoms with Crippen LogP contribution >= 0.6 is 11.3 Å². The van der Waals surface area contributed by atoms with Crippen molar-refractivity contribution >= 4 is 34.0 Å². The van der Waals surface area contributed by atoms with Crippen LogP contribution in [0.2, 0.25) is 0 Å². The Morgan fingerprint density at radius 1 is 1.35 bits per heavy atom. The van der Waals surface area contributed by atoms with Crippen LogP contribution in [0.25, 0.3) is 6.08 Å². The molecule has 26 heavy (non-hydrogen) atoms. The van der Waals surface area contributed by atoms with Crippen LogP contribution in [0.5, 0.6) is 0 Å². The summed E-state index contributed by atoms with van der Waals surface area (Å²) >= 11 is 1.68. The van der Waals surface area contributed by atoms with Crippen LogP contribution < -0.4 is 10.6 Å². The van der Waals surface area contributed by atoms with Gasteiger partial charge in [0.1, 0.15) is 11.2 Å². The van der Waals surface area contributed by atoms with Crippen LogP contribution in [0.15, 0.2) is 30.3 Å². The van der Waals surface area contributed by atoms with Gasteiger partial charge >= 0.3 is 0 Å². The van der Waals surface area contributed by atoms with E-state index in [1.54, 1.807) is 29.5 Å². The molecule has 1 aliphatic heterocycles. The number of benzene rings is 1. The van der Waals surface area contributed by atoms with Gasteiger partial charge in [0.25, 0.3) is 11.6 Å². The molecule has 134 valence electrons. The van der Waals surface area contributed by atoms with Gasteiger partial charge in [-0.25, -0.2) is 0 Å². The zero-order valence-electron chi connectivity index (χ0n) is 14.3. The second-order valence-electron chi connectivity index (χ2n) is 6.86. The normalized spacial score (nSPS) is 21.7. The molecule has 1 aliphatic carbocycles. The minimum Gasteiger partial charge on any atom is -0.353 e. The number of nitro benzene ring substituents is 1. The molecule has 2 heterocycles. The summed E-state index contributed by atoms with van der Waals surface area (Å²) in [5, 5.41) is 18.1. The molecule has 2 aliphatic rings. The Morgan fingerprint density at radius 3 is 3.00 bits per heavy atom. The molecule has 0 unspecified atom stereocenters. The lowest BCUT2D eigenvalue weighted by atomic mass is 9.88. The smallest absolute Gasteiger partial charge is 0.270 e. The van der Waals surface area contributed by atoms with Crippen LogP contribution in [0, 0.1) is 16.0 Å². The van der Waals surface area contributed by atoms with E-state index < -0.39 is 4.92 Å². The van der Waals surface area contributed by atoms with Crippen LogP contribution in [-0.4, -0.2) is 17.0 Å². The fourth-order valence-corrected chi connectivity index (χ4v) is 4.97. The van der Waals surface area contributed by atoms with E-state index in [2.05, 4.69) is 17.6 Å². The molecule has 2 N–H and O–H groups in total. The first-order valence-electron chi connectivity index (χ1n) is 8.66. The van der Waals surface area contributed by atoms with E-state index in [-0.39, 0.29) is 17.8 Å². The van der Waals surface area contributed by atoms with Gasteiger partial charge in [-0.2, -0.15) is 0 Å². The average Bonchev–Trinajstić information content (AvgIpc) is 2.97. The van der Waals surface area contributed by atoms with Crippen LogP contribution in [0.1, 0.15) is 39.7 Å². The topological polar surface area (TPSA) is 84.3 Å². The molecule has 1 amide bonds. The largest absolute Gasteiger partial charge is 0.353 e. The number of rotatable bonds is 3. The lowest BCUT2D eigenvalue weighted by molar-refractivity contribution is -0.384. The highest BCUT2D eigenvalue weighted by molar-refractivity contribution is 7.16.